The number of nitrogens with one attached hydrogen (secondary N) is 1. The Morgan fingerprint density at radius 1 is 1.32 bits per heavy atom. The quantitative estimate of drug-likeness (QED) is 0.176. The lowest BCUT2D eigenvalue weighted by Crippen LogP contribution is -2.36. The number of hydrogen-bond donors (Lipinski definition) is 2. The number of rotatable bonds is 15. The third kappa shape index (κ3) is 7.96. The normalized spacial score (nSPS) is 22.6. The first kappa shape index (κ1) is 30.3. The van der Waals surface area contributed by atoms with Crippen LogP contribution in [0.1, 0.15) is 75.3 Å². The molecule has 4 rings (SSSR count). The maximum absolute atomic E-state index is 15.2. The summed E-state index contributed by atoms with van der Waals surface area (Å²) in [6.45, 7) is 3.35. The van der Waals surface area contributed by atoms with Crippen molar-refractivity contribution in [2.45, 2.75) is 76.7 Å². The van der Waals surface area contributed by atoms with Crippen molar-refractivity contribution in [3.05, 3.63) is 95.4 Å². The molecule has 6 heteroatoms. The van der Waals surface area contributed by atoms with Crippen LogP contribution in [-0.2, 0) is 16.0 Å². The minimum atomic E-state index is -0.462. The molecule has 3 aliphatic rings. The lowest BCUT2D eigenvalue weighted by atomic mass is 9.88. The third-order valence-electron chi connectivity index (χ3n) is 8.26. The highest BCUT2D eigenvalue weighted by molar-refractivity contribution is 7.80. The van der Waals surface area contributed by atoms with Crippen molar-refractivity contribution in [3.8, 4) is 0 Å². The van der Waals surface area contributed by atoms with Crippen molar-refractivity contribution >= 4 is 23.1 Å². The van der Waals surface area contributed by atoms with Gasteiger partial charge in [-0.25, -0.2) is 4.39 Å². The molecular weight excluding hydrogens is 519 g/mol. The molecule has 1 fully saturated rings. The average molecular weight is 563 g/mol. The second kappa shape index (κ2) is 14.8. The Labute approximate surface area is 244 Å². The highest BCUT2D eigenvalue weighted by Gasteiger charge is 2.57. The van der Waals surface area contributed by atoms with Crippen molar-refractivity contribution in [1.29, 1.82) is 0 Å². The van der Waals surface area contributed by atoms with E-state index in [4.69, 9.17) is 22.7 Å². The predicted molar refractivity (Wildman–Crippen MR) is 166 cm³/mol. The summed E-state index contributed by atoms with van der Waals surface area (Å²) in [6.07, 6.45) is 26.0. The number of fused-ring (bicyclic) bond motifs is 1. The molecule has 1 aromatic rings. The molecule has 3 unspecified atom stereocenters. The highest BCUT2D eigenvalue weighted by atomic mass is 32.1. The number of allylic oxidation sites excluding steroid dienone is 7. The number of carbonyl (C=O) groups is 1. The Balaban J connectivity index is 1.40. The minimum Gasteiger partial charge on any atom is -0.374 e. The van der Waals surface area contributed by atoms with E-state index in [1.807, 2.05) is 30.4 Å². The Morgan fingerprint density at radius 3 is 2.95 bits per heavy atom. The van der Waals surface area contributed by atoms with E-state index < -0.39 is 5.41 Å². The monoisotopic (exact) mass is 562 g/mol. The van der Waals surface area contributed by atoms with E-state index in [9.17, 15) is 4.79 Å². The fraction of sp³-hybridized carbons (Fsp3) is 0.471. The fourth-order valence-corrected chi connectivity index (χ4v) is 6.00. The summed E-state index contributed by atoms with van der Waals surface area (Å²) in [5.41, 5.74) is 8.24. The number of amides is 1. The first-order valence-electron chi connectivity index (χ1n) is 14.8. The van der Waals surface area contributed by atoms with Crippen LogP contribution >= 0.6 is 12.2 Å². The average Bonchev–Trinajstić information content (AvgIpc) is 3.72. The number of benzene rings is 1. The topological polar surface area (TPSA) is 64.3 Å². The third-order valence-corrected chi connectivity index (χ3v) is 8.53. The lowest BCUT2D eigenvalue weighted by molar-refractivity contribution is -0.123. The maximum Gasteiger partial charge on any atom is 0.235 e. The van der Waals surface area contributed by atoms with Gasteiger partial charge in [-0.2, -0.15) is 0 Å². The molecule has 0 radical (unpaired) electrons. The zero-order chi connectivity index (χ0) is 28.4. The Kier molecular flexibility index (Phi) is 11.2. The number of halogens is 1. The summed E-state index contributed by atoms with van der Waals surface area (Å²) in [7, 11) is 0. The van der Waals surface area contributed by atoms with E-state index in [0.717, 1.165) is 56.1 Å². The summed E-state index contributed by atoms with van der Waals surface area (Å²) in [4.78, 5) is 13.5. The molecule has 0 spiro atoms. The van der Waals surface area contributed by atoms with Gasteiger partial charge in [0, 0.05) is 12.3 Å². The zero-order valence-electron chi connectivity index (χ0n) is 23.6. The number of ether oxygens (including phenoxy) is 1. The molecule has 40 heavy (non-hydrogen) atoms. The van der Waals surface area contributed by atoms with E-state index in [-0.39, 0.29) is 29.7 Å². The molecule has 0 aromatic heterocycles. The van der Waals surface area contributed by atoms with Crippen molar-refractivity contribution in [2.24, 2.45) is 17.1 Å². The first-order valence-corrected chi connectivity index (χ1v) is 15.2. The van der Waals surface area contributed by atoms with Crippen molar-refractivity contribution in [1.82, 2.24) is 5.32 Å². The lowest BCUT2D eigenvalue weighted by Gasteiger charge is -2.22. The van der Waals surface area contributed by atoms with Gasteiger partial charge in [-0.05, 0) is 86.6 Å². The van der Waals surface area contributed by atoms with Crippen LogP contribution in [0.25, 0.3) is 0 Å². The van der Waals surface area contributed by atoms with Crippen LogP contribution in [0.2, 0.25) is 0 Å². The molecule has 214 valence electrons. The molecular formula is C34H43FN2O2S. The summed E-state index contributed by atoms with van der Waals surface area (Å²) in [5, 5.41) is 2.99. The Hall–Kier alpha value is -2.67. The highest BCUT2D eigenvalue weighted by Crippen LogP contribution is 2.56. The van der Waals surface area contributed by atoms with Crippen LogP contribution < -0.4 is 11.1 Å². The molecule has 3 N–H and O–H groups in total. The van der Waals surface area contributed by atoms with E-state index in [1.54, 1.807) is 6.07 Å². The molecule has 1 saturated carbocycles. The number of nitrogens with two attached hydrogens (primary N) is 1. The summed E-state index contributed by atoms with van der Waals surface area (Å²) >= 11 is 5.67. The van der Waals surface area contributed by atoms with E-state index in [0.29, 0.717) is 31.0 Å². The van der Waals surface area contributed by atoms with Gasteiger partial charge in [-0.1, -0.05) is 86.0 Å². The molecule has 4 nitrogen and oxygen atoms in total. The number of thiocarbonyl (C=S) groups is 1. The Morgan fingerprint density at radius 2 is 2.20 bits per heavy atom. The van der Waals surface area contributed by atoms with Gasteiger partial charge in [-0.15, -0.1) is 0 Å². The molecule has 0 saturated heterocycles. The largest absolute Gasteiger partial charge is 0.374 e. The number of carbonyl (C=O) groups excluding carboxylic acids is 1. The van der Waals surface area contributed by atoms with Crippen LogP contribution in [0.3, 0.4) is 0 Å². The van der Waals surface area contributed by atoms with Gasteiger partial charge in [0.2, 0.25) is 5.91 Å². The van der Waals surface area contributed by atoms with E-state index >= 15 is 4.39 Å². The van der Waals surface area contributed by atoms with Crippen LogP contribution in [0.5, 0.6) is 0 Å². The van der Waals surface area contributed by atoms with Crippen molar-refractivity contribution in [2.75, 3.05) is 13.2 Å². The molecule has 4 atom stereocenters. The molecule has 0 bridgehead atoms. The summed E-state index contributed by atoms with van der Waals surface area (Å²) in [5.74, 6) is -0.138. The Bertz CT molecular complexity index is 1200. The van der Waals surface area contributed by atoms with Gasteiger partial charge in [0.05, 0.1) is 23.1 Å². The summed E-state index contributed by atoms with van der Waals surface area (Å²) in [6, 6.07) is 5.28. The van der Waals surface area contributed by atoms with Crippen LogP contribution in [0, 0.1) is 17.2 Å². The molecule has 1 aromatic carbocycles. The van der Waals surface area contributed by atoms with Gasteiger partial charge in [0.1, 0.15) is 5.82 Å². The fourth-order valence-electron chi connectivity index (χ4n) is 5.73. The van der Waals surface area contributed by atoms with Gasteiger partial charge in [0.15, 0.2) is 0 Å². The van der Waals surface area contributed by atoms with E-state index in [1.165, 1.54) is 11.6 Å². The van der Waals surface area contributed by atoms with Gasteiger partial charge in [0.25, 0.3) is 0 Å². The van der Waals surface area contributed by atoms with Crippen molar-refractivity contribution < 1.29 is 13.9 Å². The second-order valence-corrected chi connectivity index (χ2v) is 11.6. The minimum absolute atomic E-state index is 0.0436. The molecule has 1 amide bonds. The standard InChI is InChI=1S/C34H43FN2O2S/c1-2-28(39-24-25-12-4-3-5-13-25)16-10-18-30-29(17-11-19-31(30)35)26(14-7-9-21-36)22-32(40)37-33(38)34-20-8-6-15-27(34)23-34/h3-4,6-8,11-12,14-15,17,19-20,26-28H,2,5,9-10,13,16,18,21-24,36H2,1H3,(H,37,38,40)/b14-7+/t26?,27?,28-,34?/m0/s1. The number of hydrogen-bond acceptors (Lipinski definition) is 4. The first-order chi connectivity index (χ1) is 19.5. The van der Waals surface area contributed by atoms with Crippen LogP contribution in [0.15, 0.2) is 78.5 Å². The van der Waals surface area contributed by atoms with Crippen LogP contribution in [-0.4, -0.2) is 30.2 Å². The SMILES string of the molecule is CC[C@@H](CCCc1c(F)cccc1C(/C=C/CCN)CC(=S)NC(=O)C12C=CC=CC1C2)OCC1=CC=CCC1. The van der Waals surface area contributed by atoms with Gasteiger partial charge >= 0.3 is 0 Å². The van der Waals surface area contributed by atoms with E-state index in [2.05, 4.69) is 42.6 Å². The predicted octanol–water partition coefficient (Wildman–Crippen LogP) is 7.17. The van der Waals surface area contributed by atoms with Gasteiger partial charge < -0.3 is 15.8 Å². The smallest absolute Gasteiger partial charge is 0.235 e. The second-order valence-electron chi connectivity index (χ2n) is 11.1. The maximum atomic E-state index is 15.2. The summed E-state index contributed by atoms with van der Waals surface area (Å²) < 4.78 is 21.4. The molecule has 3 aliphatic carbocycles. The molecule has 0 heterocycles. The van der Waals surface area contributed by atoms with Gasteiger partial charge in [-0.3, -0.25) is 4.79 Å². The van der Waals surface area contributed by atoms with Crippen LogP contribution in [0.4, 0.5) is 4.39 Å². The zero-order valence-corrected chi connectivity index (χ0v) is 24.4. The molecule has 0 aliphatic heterocycles. The van der Waals surface area contributed by atoms with Crippen molar-refractivity contribution in [3.63, 3.8) is 0 Å².